The third-order valence-electron chi connectivity index (χ3n) is 11.6. The van der Waals surface area contributed by atoms with E-state index in [1.165, 1.54) is 96.3 Å². The lowest BCUT2D eigenvalue weighted by Crippen LogP contribution is -2.30. The maximum Gasteiger partial charge on any atom is 0.306 e. The lowest BCUT2D eigenvalue weighted by atomic mass is 10.1. The minimum atomic E-state index is -0.832. The van der Waals surface area contributed by atoms with E-state index in [9.17, 15) is 14.4 Å². The molecule has 0 saturated carbocycles. The van der Waals surface area contributed by atoms with E-state index >= 15 is 0 Å². The number of rotatable bonds is 50. The van der Waals surface area contributed by atoms with Crippen LogP contribution >= 0.6 is 0 Å². The van der Waals surface area contributed by atoms with E-state index in [1.807, 2.05) is 12.2 Å². The number of hydrogen-bond acceptors (Lipinski definition) is 6. The van der Waals surface area contributed by atoms with E-state index < -0.39 is 6.10 Å². The number of unbranched alkanes of at least 4 members (excludes halogenated alkanes) is 17. The van der Waals surface area contributed by atoms with Gasteiger partial charge in [-0.15, -0.1) is 0 Å². The molecule has 0 aliphatic rings. The fraction of sp³-hybridized carbons (Fsp3) is 0.615. The smallest absolute Gasteiger partial charge is 0.306 e. The monoisotopic (exact) mass is 981 g/mol. The largest absolute Gasteiger partial charge is 0.462 e. The van der Waals surface area contributed by atoms with Gasteiger partial charge in [-0.3, -0.25) is 14.4 Å². The molecule has 0 radical (unpaired) electrons. The Morgan fingerprint density at radius 3 is 0.972 bits per heavy atom. The van der Waals surface area contributed by atoms with Crippen LogP contribution in [0.4, 0.5) is 0 Å². The second kappa shape index (κ2) is 58.1. The molecule has 0 unspecified atom stereocenters. The van der Waals surface area contributed by atoms with Crippen molar-refractivity contribution in [1.82, 2.24) is 0 Å². The first kappa shape index (κ1) is 66.6. The molecular weight excluding hydrogens is 877 g/mol. The summed E-state index contributed by atoms with van der Waals surface area (Å²) in [5.41, 5.74) is 0. The molecule has 71 heavy (non-hydrogen) atoms. The Bertz CT molecular complexity index is 1550. The number of hydrogen-bond donors (Lipinski definition) is 0. The molecule has 0 aromatic rings. The summed E-state index contributed by atoms with van der Waals surface area (Å²) < 4.78 is 16.8. The van der Waals surface area contributed by atoms with Gasteiger partial charge in [0.15, 0.2) is 6.10 Å². The van der Waals surface area contributed by atoms with Crippen LogP contribution in [0.1, 0.15) is 239 Å². The predicted octanol–water partition coefficient (Wildman–Crippen LogP) is 19.4. The van der Waals surface area contributed by atoms with E-state index in [0.717, 1.165) is 89.9 Å². The fourth-order valence-electron chi connectivity index (χ4n) is 7.33. The first-order valence-electron chi connectivity index (χ1n) is 28.7. The summed E-state index contributed by atoms with van der Waals surface area (Å²) in [7, 11) is 0. The lowest BCUT2D eigenvalue weighted by molar-refractivity contribution is -0.166. The first-order valence-corrected chi connectivity index (χ1v) is 28.7. The summed E-state index contributed by atoms with van der Waals surface area (Å²) in [6.45, 7) is 6.36. The third-order valence-corrected chi connectivity index (χ3v) is 11.6. The van der Waals surface area contributed by atoms with Crippen LogP contribution in [0.2, 0.25) is 0 Å². The van der Waals surface area contributed by atoms with Gasteiger partial charge in [-0.1, -0.05) is 225 Å². The van der Waals surface area contributed by atoms with Crippen molar-refractivity contribution < 1.29 is 28.6 Å². The molecule has 0 bridgehead atoms. The van der Waals surface area contributed by atoms with Crippen LogP contribution in [0.25, 0.3) is 0 Å². The molecule has 0 spiro atoms. The van der Waals surface area contributed by atoms with Crippen LogP contribution in [0, 0.1) is 0 Å². The Kier molecular flexibility index (Phi) is 54.5. The number of allylic oxidation sites excluding steroid dienone is 22. The molecule has 0 heterocycles. The van der Waals surface area contributed by atoms with E-state index in [1.54, 1.807) is 0 Å². The van der Waals surface area contributed by atoms with Crippen LogP contribution in [0.15, 0.2) is 134 Å². The highest BCUT2D eigenvalue weighted by atomic mass is 16.6. The van der Waals surface area contributed by atoms with Gasteiger partial charge in [-0.25, -0.2) is 0 Å². The van der Waals surface area contributed by atoms with Crippen LogP contribution in [-0.4, -0.2) is 37.2 Å². The molecular formula is C65H104O6. The molecule has 0 rings (SSSR count). The van der Waals surface area contributed by atoms with Crippen molar-refractivity contribution in [3.05, 3.63) is 134 Å². The SMILES string of the molecule is CC/C=C\C/C=C\C/C=C\C/C=C\C/C=C\C/C=C\CCC(=O)OC[C@@H](COC(=O)CCCC/C=C\C/C=C\C/C=C\CCCCC)OC(=O)CCCCCCCCCCC/C=C\C/C=C\CCCCC. The van der Waals surface area contributed by atoms with E-state index in [4.69, 9.17) is 14.2 Å². The minimum Gasteiger partial charge on any atom is -0.462 e. The van der Waals surface area contributed by atoms with Crippen LogP contribution in [0.5, 0.6) is 0 Å². The maximum absolute atomic E-state index is 12.9. The molecule has 6 nitrogen and oxygen atoms in total. The standard InChI is InChI=1S/C65H104O6/c1-4-7-10-13-16-19-22-25-28-30-32-34-37-40-43-46-49-52-55-58-64(67)70-61-62(60-69-63(66)57-54-51-48-45-42-39-36-27-24-21-18-15-12-9-6-3)71-65(68)59-56-53-50-47-44-41-38-35-33-31-29-26-23-20-17-14-11-8-5-2/h7,10,16-21,25-29,32,34,36,40,42-43,45,49,52,62H,4-6,8-9,11-15,22-24,30-31,33,35,37-39,41,44,46-48,50-51,53-61H2,1-3H3/b10-7-,19-16-,20-17-,21-18-,28-25-,29-26-,34-32-,36-27-,43-40-,45-42-,52-49-/t62-/m1/s1. The van der Waals surface area contributed by atoms with Gasteiger partial charge in [0.25, 0.3) is 0 Å². The normalized spacial score (nSPS) is 13.1. The van der Waals surface area contributed by atoms with Gasteiger partial charge in [0, 0.05) is 19.3 Å². The van der Waals surface area contributed by atoms with Gasteiger partial charge in [-0.05, 0) is 128 Å². The van der Waals surface area contributed by atoms with Crippen molar-refractivity contribution in [2.75, 3.05) is 13.2 Å². The average molecular weight is 982 g/mol. The van der Waals surface area contributed by atoms with Gasteiger partial charge in [-0.2, -0.15) is 0 Å². The van der Waals surface area contributed by atoms with Crippen molar-refractivity contribution in [3.63, 3.8) is 0 Å². The summed E-state index contributed by atoms with van der Waals surface area (Å²) in [6, 6.07) is 0. The summed E-state index contributed by atoms with van der Waals surface area (Å²) in [4.78, 5) is 38.1. The zero-order valence-corrected chi connectivity index (χ0v) is 45.7. The van der Waals surface area contributed by atoms with Gasteiger partial charge in [0.1, 0.15) is 13.2 Å². The first-order chi connectivity index (χ1) is 35.0. The Labute approximate surface area is 436 Å². The Hall–Kier alpha value is -4.45. The molecule has 0 fully saturated rings. The van der Waals surface area contributed by atoms with Crippen molar-refractivity contribution in [2.45, 2.75) is 245 Å². The second-order valence-corrected chi connectivity index (χ2v) is 18.5. The molecule has 1 atom stereocenters. The van der Waals surface area contributed by atoms with E-state index in [0.29, 0.717) is 25.7 Å². The summed E-state index contributed by atoms with van der Waals surface area (Å²) in [5, 5.41) is 0. The fourth-order valence-corrected chi connectivity index (χ4v) is 7.33. The number of carbonyl (C=O) groups is 3. The van der Waals surface area contributed by atoms with Crippen molar-refractivity contribution in [3.8, 4) is 0 Å². The highest BCUT2D eigenvalue weighted by Gasteiger charge is 2.19. The molecule has 0 aliphatic carbocycles. The molecule has 0 N–H and O–H groups in total. The van der Waals surface area contributed by atoms with E-state index in [2.05, 4.69) is 142 Å². The molecule has 400 valence electrons. The van der Waals surface area contributed by atoms with Gasteiger partial charge in [0.05, 0.1) is 0 Å². The predicted molar refractivity (Wildman–Crippen MR) is 306 cm³/mol. The average Bonchev–Trinajstić information content (AvgIpc) is 3.37. The number of carbonyl (C=O) groups excluding carboxylic acids is 3. The molecule has 0 saturated heterocycles. The minimum absolute atomic E-state index is 0.127. The maximum atomic E-state index is 12.9. The molecule has 6 heteroatoms. The lowest BCUT2D eigenvalue weighted by Gasteiger charge is -2.18. The molecule has 0 aromatic carbocycles. The Balaban J connectivity index is 4.57. The van der Waals surface area contributed by atoms with Crippen LogP contribution in [-0.2, 0) is 28.6 Å². The summed E-state index contributed by atoms with van der Waals surface area (Å²) in [5.74, 6) is -1.06. The van der Waals surface area contributed by atoms with E-state index in [-0.39, 0.29) is 37.5 Å². The molecule has 0 aromatic heterocycles. The summed E-state index contributed by atoms with van der Waals surface area (Å²) >= 11 is 0. The third kappa shape index (κ3) is 56.3. The van der Waals surface area contributed by atoms with Gasteiger partial charge >= 0.3 is 17.9 Å². The van der Waals surface area contributed by atoms with Crippen molar-refractivity contribution >= 4 is 17.9 Å². The van der Waals surface area contributed by atoms with Gasteiger partial charge in [0.2, 0.25) is 0 Å². The number of ether oxygens (including phenoxy) is 3. The molecule has 0 amide bonds. The highest BCUT2D eigenvalue weighted by Crippen LogP contribution is 2.14. The second-order valence-electron chi connectivity index (χ2n) is 18.5. The van der Waals surface area contributed by atoms with Crippen LogP contribution in [0.3, 0.4) is 0 Å². The number of esters is 3. The van der Waals surface area contributed by atoms with Crippen molar-refractivity contribution in [1.29, 1.82) is 0 Å². The summed E-state index contributed by atoms with van der Waals surface area (Å²) in [6.07, 6.45) is 81.6. The quantitative estimate of drug-likeness (QED) is 0.0262. The van der Waals surface area contributed by atoms with Crippen LogP contribution < -0.4 is 0 Å². The zero-order chi connectivity index (χ0) is 51.4. The van der Waals surface area contributed by atoms with Crippen molar-refractivity contribution in [2.24, 2.45) is 0 Å². The Morgan fingerprint density at radius 1 is 0.296 bits per heavy atom. The highest BCUT2D eigenvalue weighted by molar-refractivity contribution is 5.71. The molecule has 0 aliphatic heterocycles. The Morgan fingerprint density at radius 2 is 0.577 bits per heavy atom. The topological polar surface area (TPSA) is 78.9 Å². The van der Waals surface area contributed by atoms with Gasteiger partial charge < -0.3 is 14.2 Å². The zero-order valence-electron chi connectivity index (χ0n) is 45.7.